The van der Waals surface area contributed by atoms with Crippen molar-refractivity contribution in [1.29, 1.82) is 0 Å². The molecule has 1 amide bonds. The highest BCUT2D eigenvalue weighted by atomic mass is 35.5. The highest BCUT2D eigenvalue weighted by molar-refractivity contribution is 8.03. The standard InChI is InChI=1S/C19H19ClN4OS3/c1-12(2)14-7-5-13(6-8-14)10-26-18-23-24-19(28-18)27-11-16(25)22-15-4-3-9-21-17(15)20/h3-9,12H,10-11H2,1-2H3,(H,22,25). The fourth-order valence-electron chi connectivity index (χ4n) is 2.25. The SMILES string of the molecule is CC(C)c1ccc(CSc2nnc(SCC(=O)Nc3cccnc3Cl)s2)cc1. The Bertz CT molecular complexity index is 931. The van der Waals surface area contributed by atoms with E-state index in [1.54, 1.807) is 30.1 Å². The quantitative estimate of drug-likeness (QED) is 0.349. The van der Waals surface area contributed by atoms with Gasteiger partial charge in [0.05, 0.1) is 11.4 Å². The molecule has 1 N–H and O–H groups in total. The topological polar surface area (TPSA) is 67.8 Å². The van der Waals surface area contributed by atoms with E-state index in [4.69, 9.17) is 11.6 Å². The first-order valence-corrected chi connectivity index (χ1v) is 11.8. The third kappa shape index (κ3) is 6.20. The van der Waals surface area contributed by atoms with Crippen molar-refractivity contribution in [3.63, 3.8) is 0 Å². The maximum atomic E-state index is 12.1. The van der Waals surface area contributed by atoms with Gasteiger partial charge in [-0.15, -0.1) is 10.2 Å². The predicted molar refractivity (Wildman–Crippen MR) is 119 cm³/mol. The van der Waals surface area contributed by atoms with Crippen molar-refractivity contribution in [2.45, 2.75) is 34.2 Å². The van der Waals surface area contributed by atoms with Gasteiger partial charge in [-0.2, -0.15) is 0 Å². The van der Waals surface area contributed by atoms with Crippen LogP contribution in [0.1, 0.15) is 30.9 Å². The number of benzene rings is 1. The number of amides is 1. The molecule has 0 spiro atoms. The molecule has 5 nitrogen and oxygen atoms in total. The van der Waals surface area contributed by atoms with Gasteiger partial charge in [-0.05, 0) is 29.2 Å². The Morgan fingerprint density at radius 1 is 1.14 bits per heavy atom. The Morgan fingerprint density at radius 3 is 2.54 bits per heavy atom. The summed E-state index contributed by atoms with van der Waals surface area (Å²) in [4.78, 5) is 16.0. The van der Waals surface area contributed by atoms with Crippen molar-refractivity contribution < 1.29 is 4.79 Å². The number of carbonyl (C=O) groups excluding carboxylic acids is 1. The van der Waals surface area contributed by atoms with Crippen LogP contribution in [-0.2, 0) is 10.5 Å². The molecule has 146 valence electrons. The van der Waals surface area contributed by atoms with E-state index in [1.165, 1.54) is 34.2 Å². The third-order valence-electron chi connectivity index (χ3n) is 3.76. The number of halogens is 1. The Hall–Kier alpha value is -1.61. The van der Waals surface area contributed by atoms with Gasteiger partial charge in [0.1, 0.15) is 0 Å². The Balaban J connectivity index is 1.46. The highest BCUT2D eigenvalue weighted by Gasteiger charge is 2.11. The summed E-state index contributed by atoms with van der Waals surface area (Å²) < 4.78 is 1.66. The number of thioether (sulfide) groups is 2. The van der Waals surface area contributed by atoms with Crippen LogP contribution >= 0.6 is 46.5 Å². The van der Waals surface area contributed by atoms with Crippen LogP contribution < -0.4 is 5.32 Å². The second-order valence-corrected chi connectivity index (χ2v) is 9.98. The van der Waals surface area contributed by atoms with E-state index in [0.717, 1.165) is 14.4 Å². The van der Waals surface area contributed by atoms with Crippen LogP contribution in [0.25, 0.3) is 0 Å². The minimum absolute atomic E-state index is 0.158. The zero-order valence-electron chi connectivity index (χ0n) is 15.4. The van der Waals surface area contributed by atoms with Crippen LogP contribution in [0, 0.1) is 0 Å². The second-order valence-electron chi connectivity index (χ2n) is 6.20. The summed E-state index contributed by atoms with van der Waals surface area (Å²) in [6.45, 7) is 4.38. The Kier molecular flexibility index (Phi) is 7.73. The van der Waals surface area contributed by atoms with Crippen LogP contribution in [0.15, 0.2) is 51.3 Å². The van der Waals surface area contributed by atoms with Gasteiger partial charge in [0.15, 0.2) is 13.8 Å². The fourth-order valence-corrected chi connectivity index (χ4v) is 5.19. The molecule has 0 radical (unpaired) electrons. The first kappa shape index (κ1) is 21.1. The minimum atomic E-state index is -0.158. The number of nitrogens with one attached hydrogen (secondary N) is 1. The van der Waals surface area contributed by atoms with Crippen LogP contribution in [0.3, 0.4) is 0 Å². The number of pyridine rings is 1. The lowest BCUT2D eigenvalue weighted by molar-refractivity contribution is -0.113. The normalized spacial score (nSPS) is 11.0. The molecule has 2 aromatic heterocycles. The van der Waals surface area contributed by atoms with E-state index in [-0.39, 0.29) is 16.8 Å². The fraction of sp³-hybridized carbons (Fsp3) is 0.263. The van der Waals surface area contributed by atoms with Crippen LogP contribution in [-0.4, -0.2) is 26.8 Å². The van der Waals surface area contributed by atoms with Gasteiger partial charge in [-0.1, -0.05) is 84.6 Å². The number of rotatable bonds is 8. The van der Waals surface area contributed by atoms with Gasteiger partial charge < -0.3 is 5.32 Å². The molecule has 2 heterocycles. The van der Waals surface area contributed by atoms with Crippen molar-refractivity contribution in [3.8, 4) is 0 Å². The third-order valence-corrected chi connectivity index (χ3v) is 7.32. The van der Waals surface area contributed by atoms with E-state index in [1.807, 2.05) is 0 Å². The number of anilines is 1. The molecule has 0 aliphatic rings. The Labute approximate surface area is 181 Å². The van der Waals surface area contributed by atoms with Crippen molar-refractivity contribution in [2.75, 3.05) is 11.1 Å². The maximum absolute atomic E-state index is 12.1. The Morgan fingerprint density at radius 2 is 1.86 bits per heavy atom. The maximum Gasteiger partial charge on any atom is 0.234 e. The molecule has 3 aromatic rings. The smallest absolute Gasteiger partial charge is 0.234 e. The van der Waals surface area contributed by atoms with Gasteiger partial charge >= 0.3 is 0 Å². The summed E-state index contributed by atoms with van der Waals surface area (Å²) in [5.41, 5.74) is 3.10. The van der Waals surface area contributed by atoms with E-state index in [2.05, 4.69) is 58.6 Å². The molecule has 9 heteroatoms. The molecule has 3 rings (SSSR count). The van der Waals surface area contributed by atoms with E-state index in [0.29, 0.717) is 11.6 Å². The lowest BCUT2D eigenvalue weighted by atomic mass is 10.0. The lowest BCUT2D eigenvalue weighted by Gasteiger charge is -2.06. The largest absolute Gasteiger partial charge is 0.323 e. The van der Waals surface area contributed by atoms with E-state index < -0.39 is 0 Å². The van der Waals surface area contributed by atoms with Gasteiger partial charge in [0.2, 0.25) is 5.91 Å². The number of carbonyl (C=O) groups is 1. The monoisotopic (exact) mass is 450 g/mol. The molecule has 0 atom stereocenters. The molecular formula is C19H19ClN4OS3. The number of hydrogen-bond acceptors (Lipinski definition) is 7. The molecule has 1 aromatic carbocycles. The van der Waals surface area contributed by atoms with Gasteiger partial charge in [-0.25, -0.2) is 4.98 Å². The van der Waals surface area contributed by atoms with Crippen LogP contribution in [0.4, 0.5) is 5.69 Å². The lowest BCUT2D eigenvalue weighted by Crippen LogP contribution is -2.14. The van der Waals surface area contributed by atoms with Gasteiger partial charge in [0.25, 0.3) is 0 Å². The first-order valence-electron chi connectivity index (χ1n) is 8.59. The van der Waals surface area contributed by atoms with Gasteiger partial charge in [0, 0.05) is 11.9 Å². The molecule has 0 unspecified atom stereocenters. The van der Waals surface area contributed by atoms with Crippen LogP contribution in [0.2, 0.25) is 5.15 Å². The van der Waals surface area contributed by atoms with Crippen LogP contribution in [0.5, 0.6) is 0 Å². The number of hydrogen-bond donors (Lipinski definition) is 1. The molecule has 0 fully saturated rings. The minimum Gasteiger partial charge on any atom is -0.323 e. The van der Waals surface area contributed by atoms with Crippen molar-refractivity contribution in [3.05, 3.63) is 58.9 Å². The molecule has 0 saturated carbocycles. The van der Waals surface area contributed by atoms with Crippen molar-refractivity contribution >= 4 is 58.1 Å². The van der Waals surface area contributed by atoms with E-state index >= 15 is 0 Å². The summed E-state index contributed by atoms with van der Waals surface area (Å²) in [5.74, 6) is 1.46. The summed E-state index contributed by atoms with van der Waals surface area (Å²) in [6, 6.07) is 12.1. The summed E-state index contributed by atoms with van der Waals surface area (Å²) in [7, 11) is 0. The van der Waals surface area contributed by atoms with Gasteiger partial charge in [-0.3, -0.25) is 4.79 Å². The summed E-state index contributed by atoms with van der Waals surface area (Å²) >= 11 is 10.4. The number of aromatic nitrogens is 3. The molecule has 0 saturated heterocycles. The molecule has 0 aliphatic carbocycles. The predicted octanol–water partition coefficient (Wildman–Crippen LogP) is 5.73. The van der Waals surface area contributed by atoms with E-state index in [9.17, 15) is 4.79 Å². The van der Waals surface area contributed by atoms with Crippen molar-refractivity contribution in [2.24, 2.45) is 0 Å². The first-order chi connectivity index (χ1) is 13.5. The summed E-state index contributed by atoms with van der Waals surface area (Å²) in [6.07, 6.45) is 1.58. The molecular weight excluding hydrogens is 432 g/mol. The second kappa shape index (κ2) is 10.2. The molecule has 0 aliphatic heterocycles. The average molecular weight is 451 g/mol. The summed E-state index contributed by atoms with van der Waals surface area (Å²) in [5, 5.41) is 11.4. The molecule has 28 heavy (non-hydrogen) atoms. The molecule has 0 bridgehead atoms. The average Bonchev–Trinajstić information content (AvgIpc) is 3.15. The zero-order chi connectivity index (χ0) is 19.9. The zero-order valence-corrected chi connectivity index (χ0v) is 18.6. The van der Waals surface area contributed by atoms with Crippen molar-refractivity contribution in [1.82, 2.24) is 15.2 Å². The number of nitrogens with zero attached hydrogens (tertiary/aromatic N) is 3. The highest BCUT2D eigenvalue weighted by Crippen LogP contribution is 2.31.